The SMILES string of the molecule is C[C@@H]1CN(c2ncnc3c(Cl)ccc(N=C(c4ccccc4)c4ccccc4)c23)[C@@H](C)CN1C(=O)OC(C)(C)C. The number of hydrogen-bond acceptors (Lipinski definition) is 6. The number of piperazine rings is 1. The molecular weight excluding hydrogens is 522 g/mol. The molecular formula is C32H34ClN5O2. The molecule has 1 aromatic heterocycles. The van der Waals surface area contributed by atoms with Gasteiger partial charge in [0.2, 0.25) is 0 Å². The normalized spacial score (nSPS) is 17.6. The van der Waals surface area contributed by atoms with Gasteiger partial charge in [0, 0.05) is 36.3 Å². The number of carbonyl (C=O) groups excluding carboxylic acids is 1. The second-order valence-corrected chi connectivity index (χ2v) is 11.6. The zero-order valence-corrected chi connectivity index (χ0v) is 24.3. The Balaban J connectivity index is 1.61. The third-order valence-electron chi connectivity index (χ3n) is 6.91. The molecule has 1 fully saturated rings. The first-order chi connectivity index (χ1) is 19.1. The van der Waals surface area contributed by atoms with Crippen molar-refractivity contribution in [3.05, 3.63) is 95.3 Å². The molecule has 0 aliphatic carbocycles. The van der Waals surface area contributed by atoms with Gasteiger partial charge in [-0.15, -0.1) is 0 Å². The first kappa shape index (κ1) is 27.6. The molecule has 0 N–H and O–H groups in total. The Morgan fingerprint density at radius 2 is 1.52 bits per heavy atom. The van der Waals surface area contributed by atoms with Crippen LogP contribution in [-0.4, -0.2) is 57.4 Å². The molecule has 0 unspecified atom stereocenters. The van der Waals surface area contributed by atoms with Gasteiger partial charge in [0.15, 0.2) is 0 Å². The first-order valence-electron chi connectivity index (χ1n) is 13.5. The lowest BCUT2D eigenvalue weighted by molar-refractivity contribution is 0.0130. The van der Waals surface area contributed by atoms with Crippen LogP contribution in [0.2, 0.25) is 5.02 Å². The van der Waals surface area contributed by atoms with E-state index in [9.17, 15) is 4.79 Å². The molecule has 3 aromatic carbocycles. The summed E-state index contributed by atoms with van der Waals surface area (Å²) in [6.45, 7) is 10.8. The summed E-state index contributed by atoms with van der Waals surface area (Å²) in [5, 5.41) is 1.32. The molecule has 7 nitrogen and oxygen atoms in total. The van der Waals surface area contributed by atoms with Crippen molar-refractivity contribution in [3.8, 4) is 0 Å². The minimum atomic E-state index is -0.557. The molecule has 1 aliphatic heterocycles. The minimum absolute atomic E-state index is 0.0275. The molecule has 40 heavy (non-hydrogen) atoms. The second kappa shape index (κ2) is 11.3. The minimum Gasteiger partial charge on any atom is -0.444 e. The van der Waals surface area contributed by atoms with E-state index in [0.29, 0.717) is 23.6 Å². The highest BCUT2D eigenvalue weighted by molar-refractivity contribution is 6.36. The lowest BCUT2D eigenvalue weighted by Gasteiger charge is -2.45. The number of ether oxygens (including phenoxy) is 1. The lowest BCUT2D eigenvalue weighted by Crippen LogP contribution is -2.59. The van der Waals surface area contributed by atoms with Crippen molar-refractivity contribution in [1.29, 1.82) is 0 Å². The predicted molar refractivity (Wildman–Crippen MR) is 162 cm³/mol. The van der Waals surface area contributed by atoms with Crippen LogP contribution in [0.1, 0.15) is 45.7 Å². The number of aliphatic imine (C=N–C) groups is 1. The predicted octanol–water partition coefficient (Wildman–Crippen LogP) is 7.29. The number of benzene rings is 3. The fourth-order valence-corrected chi connectivity index (χ4v) is 5.23. The van der Waals surface area contributed by atoms with Crippen LogP contribution in [0.3, 0.4) is 0 Å². The van der Waals surface area contributed by atoms with E-state index in [-0.39, 0.29) is 18.2 Å². The van der Waals surface area contributed by atoms with Gasteiger partial charge in [-0.05, 0) is 46.8 Å². The van der Waals surface area contributed by atoms with E-state index in [1.165, 1.54) is 0 Å². The van der Waals surface area contributed by atoms with Gasteiger partial charge in [-0.1, -0.05) is 72.3 Å². The summed E-state index contributed by atoms with van der Waals surface area (Å²) in [4.78, 5) is 31.5. The number of aromatic nitrogens is 2. The number of anilines is 1. The average molecular weight is 556 g/mol. The molecule has 5 rings (SSSR count). The van der Waals surface area contributed by atoms with Gasteiger partial charge in [0.05, 0.1) is 27.3 Å². The number of amides is 1. The molecule has 2 atom stereocenters. The highest BCUT2D eigenvalue weighted by Gasteiger charge is 2.36. The molecule has 206 valence electrons. The fourth-order valence-electron chi connectivity index (χ4n) is 5.02. The number of halogens is 1. The zero-order chi connectivity index (χ0) is 28.4. The Hall–Kier alpha value is -3.97. The van der Waals surface area contributed by atoms with Crippen molar-refractivity contribution < 1.29 is 9.53 Å². The van der Waals surface area contributed by atoms with Gasteiger partial charge in [-0.2, -0.15) is 0 Å². The third kappa shape index (κ3) is 5.80. The molecule has 0 bridgehead atoms. The zero-order valence-electron chi connectivity index (χ0n) is 23.5. The van der Waals surface area contributed by atoms with E-state index in [4.69, 9.17) is 26.3 Å². The van der Waals surface area contributed by atoms with E-state index in [0.717, 1.165) is 33.7 Å². The topological polar surface area (TPSA) is 70.9 Å². The maximum Gasteiger partial charge on any atom is 0.410 e. The molecule has 4 aromatic rings. The van der Waals surface area contributed by atoms with Crippen LogP contribution in [0.25, 0.3) is 10.9 Å². The number of fused-ring (bicyclic) bond motifs is 1. The highest BCUT2D eigenvalue weighted by atomic mass is 35.5. The Bertz CT molecular complexity index is 1490. The van der Waals surface area contributed by atoms with Crippen molar-refractivity contribution >= 4 is 45.8 Å². The van der Waals surface area contributed by atoms with Crippen molar-refractivity contribution in [2.24, 2.45) is 4.99 Å². The molecule has 0 radical (unpaired) electrons. The Morgan fingerprint density at radius 1 is 0.900 bits per heavy atom. The molecule has 0 saturated carbocycles. The Labute approximate surface area is 240 Å². The monoisotopic (exact) mass is 555 g/mol. The highest BCUT2D eigenvalue weighted by Crippen LogP contribution is 2.38. The van der Waals surface area contributed by atoms with Gasteiger partial charge in [0.25, 0.3) is 0 Å². The maximum atomic E-state index is 12.9. The molecule has 0 spiro atoms. The van der Waals surface area contributed by atoms with E-state index in [1.54, 1.807) is 11.2 Å². The summed E-state index contributed by atoms with van der Waals surface area (Å²) in [6.07, 6.45) is 1.24. The molecule has 1 amide bonds. The van der Waals surface area contributed by atoms with E-state index in [1.807, 2.05) is 76.2 Å². The summed E-state index contributed by atoms with van der Waals surface area (Å²) in [5.74, 6) is 0.745. The van der Waals surface area contributed by atoms with Crippen LogP contribution in [0.4, 0.5) is 16.3 Å². The number of carbonyl (C=O) groups is 1. The van der Waals surface area contributed by atoms with Gasteiger partial charge >= 0.3 is 6.09 Å². The average Bonchev–Trinajstić information content (AvgIpc) is 2.93. The summed E-state index contributed by atoms with van der Waals surface area (Å²) in [6, 6.07) is 23.9. The number of nitrogens with zero attached hydrogens (tertiary/aromatic N) is 5. The smallest absolute Gasteiger partial charge is 0.410 e. The van der Waals surface area contributed by atoms with Gasteiger partial charge < -0.3 is 14.5 Å². The van der Waals surface area contributed by atoms with Gasteiger partial charge in [-0.3, -0.25) is 0 Å². The number of rotatable bonds is 4. The van der Waals surface area contributed by atoms with Crippen LogP contribution in [-0.2, 0) is 4.74 Å². The van der Waals surface area contributed by atoms with Crippen LogP contribution in [0, 0.1) is 0 Å². The molecule has 8 heteroatoms. The fraction of sp³-hybridized carbons (Fsp3) is 0.312. The standard InChI is InChI=1S/C32H34ClN5O2/c1-21-19-38(31(39)40-32(3,4)5)22(2)18-37(21)30-27-26(17-16-25(33)29(27)34-20-35-30)36-28(23-12-8-6-9-13-23)24-14-10-7-11-15-24/h6-17,20-22H,18-19H2,1-5H3/t21-,22+/m0/s1. The second-order valence-electron chi connectivity index (χ2n) is 11.2. The van der Waals surface area contributed by atoms with Crippen LogP contribution < -0.4 is 4.90 Å². The van der Waals surface area contributed by atoms with E-state index < -0.39 is 5.60 Å². The van der Waals surface area contributed by atoms with Crippen molar-refractivity contribution in [2.75, 3.05) is 18.0 Å². The first-order valence-corrected chi connectivity index (χ1v) is 13.9. The summed E-state index contributed by atoms with van der Waals surface area (Å²) >= 11 is 6.68. The number of hydrogen-bond donors (Lipinski definition) is 0. The third-order valence-corrected chi connectivity index (χ3v) is 7.21. The van der Waals surface area contributed by atoms with E-state index >= 15 is 0 Å². The summed E-state index contributed by atoms with van der Waals surface area (Å²) < 4.78 is 5.68. The van der Waals surface area contributed by atoms with E-state index in [2.05, 4.69) is 41.1 Å². The van der Waals surface area contributed by atoms with Crippen molar-refractivity contribution in [2.45, 2.75) is 52.3 Å². The molecule has 1 saturated heterocycles. The van der Waals surface area contributed by atoms with Crippen LogP contribution >= 0.6 is 11.6 Å². The Kier molecular flexibility index (Phi) is 7.76. The largest absolute Gasteiger partial charge is 0.444 e. The van der Waals surface area contributed by atoms with Crippen molar-refractivity contribution in [3.63, 3.8) is 0 Å². The van der Waals surface area contributed by atoms with Crippen LogP contribution in [0.5, 0.6) is 0 Å². The van der Waals surface area contributed by atoms with Gasteiger partial charge in [0.1, 0.15) is 17.7 Å². The van der Waals surface area contributed by atoms with Crippen LogP contribution in [0.15, 0.2) is 84.1 Å². The quantitative estimate of drug-likeness (QED) is 0.247. The van der Waals surface area contributed by atoms with Gasteiger partial charge in [-0.25, -0.2) is 19.8 Å². The lowest BCUT2D eigenvalue weighted by atomic mass is 10.0. The molecule has 1 aliphatic rings. The maximum absolute atomic E-state index is 12.9. The molecule has 2 heterocycles. The van der Waals surface area contributed by atoms with Crippen molar-refractivity contribution in [1.82, 2.24) is 14.9 Å². The summed E-state index contributed by atoms with van der Waals surface area (Å²) in [5.41, 5.74) is 3.66. The summed E-state index contributed by atoms with van der Waals surface area (Å²) in [7, 11) is 0. The Morgan fingerprint density at radius 3 is 2.12 bits per heavy atom.